The number of fused-ring (bicyclic) bond motifs is 1. The average molecular weight is 280 g/mol. The van der Waals surface area contributed by atoms with Gasteiger partial charge in [-0.05, 0) is 55.7 Å². The number of hydrogen-bond acceptors (Lipinski definition) is 3. The minimum Gasteiger partial charge on any atom is -0.323 e. The molecule has 21 heavy (non-hydrogen) atoms. The van der Waals surface area contributed by atoms with E-state index in [4.69, 9.17) is 5.73 Å². The predicted octanol–water partition coefficient (Wildman–Crippen LogP) is 3.45. The summed E-state index contributed by atoms with van der Waals surface area (Å²) >= 11 is 0. The third-order valence-corrected chi connectivity index (χ3v) is 4.03. The van der Waals surface area contributed by atoms with Crippen molar-refractivity contribution in [1.29, 1.82) is 0 Å². The molecule has 4 nitrogen and oxygen atoms in total. The summed E-state index contributed by atoms with van der Waals surface area (Å²) in [4.78, 5) is 8.96. The van der Waals surface area contributed by atoms with Crippen molar-refractivity contribution >= 4 is 11.0 Å². The zero-order valence-corrected chi connectivity index (χ0v) is 12.7. The molecular weight excluding hydrogens is 260 g/mol. The van der Waals surface area contributed by atoms with Gasteiger partial charge in [-0.2, -0.15) is 0 Å². The first-order chi connectivity index (χ1) is 10.1. The van der Waals surface area contributed by atoms with Crippen molar-refractivity contribution in [2.24, 2.45) is 5.73 Å². The van der Waals surface area contributed by atoms with Crippen LogP contribution in [0.15, 0.2) is 36.8 Å². The number of imidazole rings is 1. The molecule has 0 bridgehead atoms. The molecule has 108 valence electrons. The van der Waals surface area contributed by atoms with Gasteiger partial charge < -0.3 is 5.73 Å². The summed E-state index contributed by atoms with van der Waals surface area (Å²) in [6.45, 7) is 6.29. The molecule has 0 fully saturated rings. The van der Waals surface area contributed by atoms with Crippen LogP contribution in [0.4, 0.5) is 0 Å². The molecule has 2 heterocycles. The average Bonchev–Trinajstić information content (AvgIpc) is 2.90. The highest BCUT2D eigenvalue weighted by Gasteiger charge is 2.09. The molecule has 3 rings (SSSR count). The second kappa shape index (κ2) is 5.30. The lowest BCUT2D eigenvalue weighted by atomic mass is 10.1. The first kappa shape index (κ1) is 13.8. The molecule has 4 heteroatoms. The van der Waals surface area contributed by atoms with E-state index in [0.29, 0.717) is 0 Å². The van der Waals surface area contributed by atoms with Crippen LogP contribution >= 0.6 is 0 Å². The first-order valence-corrected chi connectivity index (χ1v) is 7.26. The van der Waals surface area contributed by atoms with Crippen LogP contribution in [0.2, 0.25) is 0 Å². The van der Waals surface area contributed by atoms with E-state index in [1.807, 2.05) is 24.7 Å². The first-order valence-electron chi connectivity index (χ1n) is 7.26. The highest BCUT2D eigenvalue weighted by atomic mass is 15.1. The Kier molecular flexibility index (Phi) is 3.47. The highest BCUT2D eigenvalue weighted by molar-refractivity contribution is 5.79. The second-order valence-corrected chi connectivity index (χ2v) is 5.50. The van der Waals surface area contributed by atoms with E-state index in [-0.39, 0.29) is 6.04 Å². The number of benzene rings is 1. The lowest BCUT2D eigenvalue weighted by Gasteiger charge is -2.10. The van der Waals surface area contributed by atoms with E-state index >= 15 is 0 Å². The molecule has 0 aliphatic rings. The van der Waals surface area contributed by atoms with E-state index in [0.717, 1.165) is 28.8 Å². The van der Waals surface area contributed by atoms with Crippen molar-refractivity contribution in [2.75, 3.05) is 0 Å². The Balaban J connectivity index is 2.06. The summed E-state index contributed by atoms with van der Waals surface area (Å²) in [6.07, 6.45) is 4.60. The maximum atomic E-state index is 6.01. The minimum atomic E-state index is 0.00322. The molecule has 2 N–H and O–H groups in total. The maximum absolute atomic E-state index is 6.01. The van der Waals surface area contributed by atoms with Crippen LogP contribution in [0.1, 0.15) is 36.2 Å². The topological polar surface area (TPSA) is 56.7 Å². The Morgan fingerprint density at radius 3 is 2.57 bits per heavy atom. The van der Waals surface area contributed by atoms with Crippen molar-refractivity contribution in [3.8, 4) is 5.69 Å². The molecule has 0 aliphatic carbocycles. The largest absolute Gasteiger partial charge is 0.323 e. The lowest BCUT2D eigenvalue weighted by molar-refractivity contribution is 0.675. The van der Waals surface area contributed by atoms with Gasteiger partial charge in [-0.15, -0.1) is 0 Å². The third kappa shape index (κ3) is 2.43. The molecule has 0 aliphatic heterocycles. The molecule has 1 atom stereocenters. The summed E-state index contributed by atoms with van der Waals surface area (Å²) in [5.41, 5.74) is 12.6. The smallest absolute Gasteiger partial charge is 0.100 e. The van der Waals surface area contributed by atoms with Crippen LogP contribution in [-0.2, 0) is 0 Å². The van der Waals surface area contributed by atoms with Gasteiger partial charge in [-0.3, -0.25) is 9.55 Å². The fraction of sp³-hybridized carbons (Fsp3) is 0.294. The Hall–Kier alpha value is -2.20. The number of nitrogens with zero attached hydrogens (tertiary/aromatic N) is 3. The molecule has 0 saturated heterocycles. The van der Waals surface area contributed by atoms with E-state index in [1.165, 1.54) is 11.1 Å². The molecule has 0 spiro atoms. The predicted molar refractivity (Wildman–Crippen MR) is 85.6 cm³/mol. The van der Waals surface area contributed by atoms with E-state index in [1.54, 1.807) is 0 Å². The fourth-order valence-corrected chi connectivity index (χ4v) is 2.44. The van der Waals surface area contributed by atoms with Crippen LogP contribution in [0, 0.1) is 13.8 Å². The van der Waals surface area contributed by atoms with Crippen LogP contribution in [0.3, 0.4) is 0 Å². The van der Waals surface area contributed by atoms with Crippen LogP contribution in [0.5, 0.6) is 0 Å². The Bertz CT molecular complexity index is 771. The van der Waals surface area contributed by atoms with E-state index in [9.17, 15) is 0 Å². The van der Waals surface area contributed by atoms with Gasteiger partial charge in [0.25, 0.3) is 0 Å². The summed E-state index contributed by atoms with van der Waals surface area (Å²) in [7, 11) is 0. The van der Waals surface area contributed by atoms with Gasteiger partial charge in [0.1, 0.15) is 6.33 Å². The summed E-state index contributed by atoms with van der Waals surface area (Å²) < 4.78 is 2.07. The second-order valence-electron chi connectivity index (χ2n) is 5.50. The number of aromatic nitrogens is 3. The molecular formula is C17H20N4. The van der Waals surface area contributed by atoms with E-state index < -0.39 is 0 Å². The summed E-state index contributed by atoms with van der Waals surface area (Å²) in [5, 5.41) is 0. The van der Waals surface area contributed by atoms with Gasteiger partial charge in [0.05, 0.1) is 28.6 Å². The fourth-order valence-electron chi connectivity index (χ4n) is 2.44. The molecule has 2 aromatic heterocycles. The van der Waals surface area contributed by atoms with Gasteiger partial charge in [-0.1, -0.05) is 6.92 Å². The van der Waals surface area contributed by atoms with Crippen LogP contribution in [0.25, 0.3) is 16.7 Å². The summed E-state index contributed by atoms with van der Waals surface area (Å²) in [5.74, 6) is 0. The Labute approximate surface area is 124 Å². The van der Waals surface area contributed by atoms with Crippen LogP contribution < -0.4 is 5.73 Å². The van der Waals surface area contributed by atoms with Crippen molar-refractivity contribution in [2.45, 2.75) is 33.2 Å². The Morgan fingerprint density at radius 2 is 1.90 bits per heavy atom. The molecule has 0 saturated carbocycles. The molecule has 0 radical (unpaired) electrons. The van der Waals surface area contributed by atoms with Gasteiger partial charge in [0.2, 0.25) is 0 Å². The van der Waals surface area contributed by atoms with Gasteiger partial charge in [0.15, 0.2) is 0 Å². The molecule has 3 aromatic rings. The van der Waals surface area contributed by atoms with Gasteiger partial charge in [0, 0.05) is 6.04 Å². The number of hydrogen-bond donors (Lipinski definition) is 1. The van der Waals surface area contributed by atoms with Crippen molar-refractivity contribution < 1.29 is 0 Å². The number of aryl methyl sites for hydroxylation is 2. The molecule has 0 unspecified atom stereocenters. The summed E-state index contributed by atoms with van der Waals surface area (Å²) in [6, 6.07) is 8.34. The number of pyridine rings is 1. The number of rotatable bonds is 3. The number of nitrogens with two attached hydrogens (primary N) is 1. The highest BCUT2D eigenvalue weighted by Crippen LogP contribution is 2.22. The zero-order valence-electron chi connectivity index (χ0n) is 12.7. The zero-order chi connectivity index (χ0) is 15.0. The third-order valence-electron chi connectivity index (χ3n) is 4.03. The molecule has 1 aromatic carbocycles. The maximum Gasteiger partial charge on any atom is 0.100 e. The normalized spacial score (nSPS) is 12.8. The van der Waals surface area contributed by atoms with E-state index in [2.05, 4.69) is 47.4 Å². The minimum absolute atomic E-state index is 0.00322. The standard InChI is InChI=1S/C17H20N4/c1-4-14(18)15-6-5-13(9-19-15)21-10-20-16-7-11(2)12(3)8-17(16)21/h5-10,14H,4,18H2,1-3H3/t14-/m0/s1. The molecule has 0 amide bonds. The quantitative estimate of drug-likeness (QED) is 0.799. The monoisotopic (exact) mass is 280 g/mol. The lowest BCUT2D eigenvalue weighted by Crippen LogP contribution is -2.10. The SMILES string of the molecule is CC[C@H](N)c1ccc(-n2cnc3cc(C)c(C)cc32)cn1. The van der Waals surface area contributed by atoms with Crippen LogP contribution in [-0.4, -0.2) is 14.5 Å². The van der Waals surface area contributed by atoms with Crippen molar-refractivity contribution in [3.63, 3.8) is 0 Å². The Morgan fingerprint density at radius 1 is 1.14 bits per heavy atom. The van der Waals surface area contributed by atoms with Gasteiger partial charge >= 0.3 is 0 Å². The van der Waals surface area contributed by atoms with Gasteiger partial charge in [-0.25, -0.2) is 4.98 Å². The van der Waals surface area contributed by atoms with Crippen molar-refractivity contribution in [3.05, 3.63) is 53.6 Å². The van der Waals surface area contributed by atoms with Crippen molar-refractivity contribution in [1.82, 2.24) is 14.5 Å².